The lowest BCUT2D eigenvalue weighted by atomic mass is 9.91. The molecule has 58 heavy (non-hydrogen) atoms. The Balaban J connectivity index is 1.54. The van der Waals surface area contributed by atoms with Crippen molar-refractivity contribution in [2.75, 3.05) is 0 Å². The van der Waals surface area contributed by atoms with Gasteiger partial charge in [0, 0.05) is 43.4 Å². The van der Waals surface area contributed by atoms with Crippen molar-refractivity contribution < 1.29 is 0 Å². The van der Waals surface area contributed by atoms with Gasteiger partial charge in [0.05, 0.1) is 0 Å². The summed E-state index contributed by atoms with van der Waals surface area (Å²) in [6.07, 6.45) is 0. The normalized spacial score (nSPS) is 11.1. The molecule has 0 amide bonds. The highest BCUT2D eigenvalue weighted by Crippen LogP contribution is 2.81. The van der Waals surface area contributed by atoms with E-state index >= 15 is 0 Å². The third-order valence-corrected chi connectivity index (χ3v) is 18.6. The van der Waals surface area contributed by atoms with Crippen LogP contribution in [0.1, 0.15) is 0 Å². The maximum absolute atomic E-state index is 2.35. The third-order valence-electron chi connectivity index (χ3n) is 10.9. The molecule has 0 unspecified atom stereocenters. The van der Waals surface area contributed by atoms with Gasteiger partial charge in [-0.25, -0.2) is 0 Å². The summed E-state index contributed by atoms with van der Waals surface area (Å²) in [6, 6.07) is 89.8. The van der Waals surface area contributed by atoms with Crippen LogP contribution in [-0.2, 0) is 0 Å². The summed E-state index contributed by atoms with van der Waals surface area (Å²) < 4.78 is 0. The minimum absolute atomic E-state index is 1.10. The van der Waals surface area contributed by atoms with Crippen LogP contribution in [0.4, 0.5) is 0 Å². The first-order valence-corrected chi connectivity index (χ1v) is 23.3. The molecule has 0 bridgehead atoms. The Morgan fingerprint density at radius 3 is 0.448 bits per heavy atom. The van der Waals surface area contributed by atoms with Crippen LogP contribution in [0, 0.1) is 0 Å². The zero-order valence-electron chi connectivity index (χ0n) is 32.0. The molecule has 10 aromatic rings. The van der Waals surface area contributed by atoms with Gasteiger partial charge in [-0.15, -0.1) is 0 Å². The molecule has 0 N–H and O–H groups in total. The van der Waals surface area contributed by atoms with Crippen molar-refractivity contribution in [3.63, 3.8) is 0 Å². The number of rotatable bonds is 9. The molecule has 274 valence electrons. The second-order valence-corrected chi connectivity index (χ2v) is 19.9. The molecule has 8 aromatic carbocycles. The molecule has 0 saturated carbocycles. The second-order valence-electron chi connectivity index (χ2n) is 14.4. The molecule has 0 nitrogen and oxygen atoms in total. The van der Waals surface area contributed by atoms with E-state index in [0.717, 1.165) is 0 Å². The van der Waals surface area contributed by atoms with Crippen LogP contribution >= 0.6 is 14.4 Å². The smallest absolute Gasteiger partial charge is 0.0181 e. The van der Waals surface area contributed by atoms with Crippen molar-refractivity contribution in [2.24, 2.45) is 0 Å². The first-order chi connectivity index (χ1) is 28.9. The Morgan fingerprint density at radius 2 is 0.293 bits per heavy atom. The maximum Gasteiger partial charge on any atom is 0.0181 e. The summed E-state index contributed by atoms with van der Waals surface area (Å²) in [4.78, 5) is 0. The Hall–Kier alpha value is -6.68. The summed E-state index contributed by atoms with van der Waals surface area (Å²) in [5.41, 5.74) is 15.4. The number of benzene rings is 8. The van der Waals surface area contributed by atoms with Crippen LogP contribution in [-0.4, -0.2) is 0 Å². The van der Waals surface area contributed by atoms with Crippen LogP contribution in [0.25, 0.3) is 87.9 Å². The van der Waals surface area contributed by atoms with Crippen molar-refractivity contribution in [3.8, 4) is 87.9 Å². The van der Waals surface area contributed by atoms with E-state index in [-0.39, 0.29) is 0 Å². The fourth-order valence-electron chi connectivity index (χ4n) is 8.51. The number of hydrogen-bond acceptors (Lipinski definition) is 0. The Bertz CT molecular complexity index is 2510. The summed E-state index contributed by atoms with van der Waals surface area (Å²) in [5, 5.41) is 5.76. The first-order valence-electron chi connectivity index (χ1n) is 19.9. The van der Waals surface area contributed by atoms with Gasteiger partial charge in [0.25, 0.3) is 0 Å². The average molecular weight is 775 g/mol. The highest BCUT2D eigenvalue weighted by atomic mass is 32.0. The van der Waals surface area contributed by atoms with E-state index < -0.39 is 14.4 Å². The zero-order chi connectivity index (χ0) is 38.7. The van der Waals surface area contributed by atoms with Gasteiger partial charge in [-0.3, -0.25) is 0 Å². The highest BCUT2D eigenvalue weighted by molar-refractivity contribution is 8.26. The van der Waals surface area contributed by atoms with Gasteiger partial charge in [0.2, 0.25) is 0 Å². The van der Waals surface area contributed by atoms with Crippen LogP contribution in [0.5, 0.6) is 0 Å². The monoisotopic (exact) mass is 774 g/mol. The molecule has 0 spiro atoms. The molecular formula is C56H40P2. The molecule has 2 aromatic heterocycles. The van der Waals surface area contributed by atoms with Gasteiger partial charge < -0.3 is 0 Å². The fraction of sp³-hybridized carbons (Fsp3) is 0. The summed E-state index contributed by atoms with van der Waals surface area (Å²) >= 11 is 0. The predicted molar refractivity (Wildman–Crippen MR) is 253 cm³/mol. The van der Waals surface area contributed by atoms with E-state index in [1.54, 1.807) is 0 Å². The molecule has 2 heteroatoms. The highest BCUT2D eigenvalue weighted by Gasteiger charge is 2.35. The van der Waals surface area contributed by atoms with Crippen molar-refractivity contribution in [2.45, 2.75) is 0 Å². The summed E-state index contributed by atoms with van der Waals surface area (Å²) in [7, 11) is -2.21. The zero-order valence-corrected chi connectivity index (χ0v) is 33.8. The standard InChI is InChI=1S/C56H40P2/c1-9-25-41(26-10-1)49-50(42-27-11-2-12-28-42)54(46-35-19-6-20-36-46)57(53(49)45-33-17-5-18-34-45)58-55(47-37-21-7-22-38-47)51(43-29-13-3-14-30-43)52(44-31-15-4-16-32-44)56(58)48-39-23-8-24-40-48/h1-40H. The van der Waals surface area contributed by atoms with Crippen molar-refractivity contribution >= 4 is 14.4 Å². The SMILES string of the molecule is c1ccc(-c2c(-c3ccccc3)c(-c3ccccc3)p(-p3c(-c4ccccc4)c(-c4ccccc4)c(-c4ccccc4)c3-c3ccccc3)c2-c2ccccc2)cc1. The Kier molecular flexibility index (Phi) is 9.88. The summed E-state index contributed by atoms with van der Waals surface area (Å²) in [5.74, 6) is 0. The summed E-state index contributed by atoms with van der Waals surface area (Å²) in [6.45, 7) is 0. The largest absolute Gasteiger partial charge is 0.0622 e. The van der Waals surface area contributed by atoms with Crippen LogP contribution < -0.4 is 0 Å². The first kappa shape index (κ1) is 35.7. The van der Waals surface area contributed by atoms with E-state index in [4.69, 9.17) is 0 Å². The minimum Gasteiger partial charge on any atom is -0.0622 e. The van der Waals surface area contributed by atoms with Gasteiger partial charge in [0.1, 0.15) is 0 Å². The van der Waals surface area contributed by atoms with E-state index in [9.17, 15) is 0 Å². The quantitative estimate of drug-likeness (QED) is 0.137. The minimum atomic E-state index is -1.10. The molecule has 0 radical (unpaired) electrons. The third kappa shape index (κ3) is 6.48. The van der Waals surface area contributed by atoms with E-state index in [1.807, 2.05) is 0 Å². The van der Waals surface area contributed by atoms with E-state index in [1.165, 1.54) is 87.9 Å². The number of hydrogen-bond donors (Lipinski definition) is 0. The predicted octanol–water partition coefficient (Wildman–Crippen LogP) is 17.3. The van der Waals surface area contributed by atoms with Gasteiger partial charge in [-0.2, -0.15) is 0 Å². The average Bonchev–Trinajstić information content (AvgIpc) is 3.86. The molecule has 0 aliphatic heterocycles. The lowest BCUT2D eigenvalue weighted by molar-refractivity contribution is 1.61. The molecule has 0 aliphatic rings. The Labute approximate surface area is 343 Å². The molecular weight excluding hydrogens is 735 g/mol. The second kappa shape index (κ2) is 16.1. The van der Waals surface area contributed by atoms with Crippen LogP contribution in [0.15, 0.2) is 243 Å². The fourth-order valence-corrected chi connectivity index (χ4v) is 18.1. The topological polar surface area (TPSA) is 0 Å². The van der Waals surface area contributed by atoms with Gasteiger partial charge >= 0.3 is 0 Å². The van der Waals surface area contributed by atoms with Crippen molar-refractivity contribution in [1.82, 2.24) is 0 Å². The molecule has 0 saturated heterocycles. The lowest BCUT2D eigenvalue weighted by Crippen LogP contribution is -1.85. The van der Waals surface area contributed by atoms with Crippen molar-refractivity contribution in [1.29, 1.82) is 0 Å². The maximum atomic E-state index is 2.35. The molecule has 0 fully saturated rings. The van der Waals surface area contributed by atoms with Gasteiger partial charge in [-0.1, -0.05) is 257 Å². The van der Waals surface area contributed by atoms with Gasteiger partial charge in [0.15, 0.2) is 0 Å². The molecule has 0 aliphatic carbocycles. The van der Waals surface area contributed by atoms with Gasteiger partial charge in [-0.05, 0) is 44.5 Å². The Morgan fingerprint density at radius 1 is 0.155 bits per heavy atom. The van der Waals surface area contributed by atoms with Crippen molar-refractivity contribution in [3.05, 3.63) is 243 Å². The van der Waals surface area contributed by atoms with E-state index in [0.29, 0.717) is 0 Å². The molecule has 10 rings (SSSR count). The van der Waals surface area contributed by atoms with Crippen LogP contribution in [0.2, 0.25) is 0 Å². The molecule has 0 atom stereocenters. The molecule has 2 heterocycles. The lowest BCUT2D eigenvalue weighted by Gasteiger charge is -2.18. The van der Waals surface area contributed by atoms with E-state index in [2.05, 4.69) is 243 Å². The van der Waals surface area contributed by atoms with Crippen LogP contribution in [0.3, 0.4) is 0 Å².